The van der Waals surface area contributed by atoms with Gasteiger partial charge < -0.3 is 60.6 Å². The van der Waals surface area contributed by atoms with Crippen molar-refractivity contribution in [2.24, 2.45) is 10.8 Å². The van der Waals surface area contributed by atoms with Crippen LogP contribution >= 0.6 is 22.7 Å². The van der Waals surface area contributed by atoms with Gasteiger partial charge in [0.15, 0.2) is 5.82 Å². The fourth-order valence-corrected chi connectivity index (χ4v) is 15.0. The molecule has 7 amide bonds. The second-order valence-corrected chi connectivity index (χ2v) is 30.6. The summed E-state index contributed by atoms with van der Waals surface area (Å²) in [4.78, 5) is 136. The van der Waals surface area contributed by atoms with E-state index in [1.165, 1.54) is 34.3 Å². The lowest BCUT2D eigenvalue weighted by Crippen LogP contribution is -2.57. The molecule has 554 valence electrons. The zero-order valence-corrected chi connectivity index (χ0v) is 61.7. The number of methoxy groups -OCH3 is 1. The Labute approximate surface area is 615 Å². The van der Waals surface area contributed by atoms with Gasteiger partial charge in [0.2, 0.25) is 41.4 Å². The van der Waals surface area contributed by atoms with E-state index < -0.39 is 94.4 Å². The molecule has 0 saturated carbocycles. The molecule has 3 aliphatic rings. The maximum absolute atomic E-state index is 15.0. The first-order chi connectivity index (χ1) is 50.2. The number of benzene rings is 4. The first-order valence-corrected chi connectivity index (χ1v) is 36.9. The Balaban J connectivity index is 0.645. The number of carboxylic acid groups (broad SMARTS) is 1. The van der Waals surface area contributed by atoms with E-state index in [9.17, 15) is 47.9 Å². The number of nitrogens with zero attached hydrogens (tertiary/aromatic N) is 9. The number of carbonyl (C=O) groups excluding carboxylic acids is 7. The molecule has 0 radical (unpaired) electrons. The fourth-order valence-electron chi connectivity index (χ4n) is 13.4. The predicted molar refractivity (Wildman–Crippen MR) is 394 cm³/mol. The fraction of sp³-hybridized carbons (Fsp3) is 0.434. The molecule has 3 aliphatic heterocycles. The second kappa shape index (κ2) is 33.3. The van der Waals surface area contributed by atoms with E-state index in [1.54, 1.807) is 45.6 Å². The van der Waals surface area contributed by atoms with Gasteiger partial charge in [-0.15, -0.1) is 22.7 Å². The number of likely N-dealkylation sites (tertiary alicyclic amines) is 2. The number of halogens is 1. The minimum Gasteiger partial charge on any atom is -0.496 e. The smallest absolute Gasteiger partial charge is 0.303 e. The Kier molecular flexibility index (Phi) is 24.1. The van der Waals surface area contributed by atoms with Crippen molar-refractivity contribution in [1.29, 1.82) is 0 Å². The van der Waals surface area contributed by atoms with E-state index in [2.05, 4.69) is 56.3 Å². The highest BCUT2D eigenvalue weighted by Crippen LogP contribution is 2.36. The summed E-state index contributed by atoms with van der Waals surface area (Å²) >= 11 is 2.95. The summed E-state index contributed by atoms with van der Waals surface area (Å²) in [6, 6.07) is 23.6. The second-order valence-electron chi connectivity index (χ2n) is 28.9. The molecule has 0 unspecified atom stereocenters. The Bertz CT molecular complexity index is 4450. The van der Waals surface area contributed by atoms with Gasteiger partial charge in [-0.3, -0.25) is 43.5 Å². The molecule has 0 spiro atoms. The predicted octanol–water partition coefficient (Wildman–Crippen LogP) is 8.61. The van der Waals surface area contributed by atoms with Crippen LogP contribution < -0.4 is 30.9 Å². The van der Waals surface area contributed by atoms with E-state index in [4.69, 9.17) is 14.6 Å². The van der Waals surface area contributed by atoms with Crippen molar-refractivity contribution in [3.63, 3.8) is 0 Å². The van der Waals surface area contributed by atoms with Crippen LogP contribution in [0.15, 0.2) is 108 Å². The third-order valence-corrected chi connectivity index (χ3v) is 21.1. The largest absolute Gasteiger partial charge is 0.496 e. The van der Waals surface area contributed by atoms with Gasteiger partial charge in [0, 0.05) is 102 Å². The maximum atomic E-state index is 15.0. The van der Waals surface area contributed by atoms with Crippen molar-refractivity contribution in [3.8, 4) is 49.3 Å². The van der Waals surface area contributed by atoms with Crippen LogP contribution in [-0.4, -0.2) is 185 Å². The third-order valence-electron chi connectivity index (χ3n) is 19.2. The molecule has 0 aliphatic carbocycles. The van der Waals surface area contributed by atoms with Crippen LogP contribution in [0.1, 0.15) is 115 Å². The van der Waals surface area contributed by atoms with Gasteiger partial charge in [-0.25, -0.2) is 24.3 Å². The van der Waals surface area contributed by atoms with Crippen LogP contribution in [0.25, 0.3) is 54.6 Å². The van der Waals surface area contributed by atoms with E-state index in [1.807, 2.05) is 121 Å². The SMILES string of the molecule is COc1cccc(F)c1-c1ncc2[nH]nc(-c3ccc(N4CCN(C(=O)CCCC(=O)N[C@H](C(=O)N5C[C@H](O)C[C@H]5C(=O)NCc5ccc(-c6scnc6CO[C@@H]6C[C@@H](C(=O)NCc7ccc(-c8scnc8C)cc7)N(C(=O)[C@@H](NC(=O)CCCC(=O)O)C(C)(C)C)C6)cc5)C(C)(C)C)CC4)cc3)c2n1. The monoisotopic (exact) mass is 1470 g/mol. The number of β-amino-alcohol motifs (C(OH)–C–C–N with tert-alkyl or cyclic N) is 1. The summed E-state index contributed by atoms with van der Waals surface area (Å²) in [5.74, 6) is -3.87. The lowest BCUT2D eigenvalue weighted by atomic mass is 9.85. The Morgan fingerprint density at radius 1 is 0.676 bits per heavy atom. The molecule has 0 bridgehead atoms. The molecule has 4 aromatic carbocycles. The van der Waals surface area contributed by atoms with Crippen LogP contribution in [-0.2, 0) is 62.8 Å². The van der Waals surface area contributed by atoms with Crippen LogP contribution in [0.2, 0.25) is 0 Å². The summed E-state index contributed by atoms with van der Waals surface area (Å²) in [6.07, 6.45) is 0.298. The van der Waals surface area contributed by atoms with Gasteiger partial charge in [-0.05, 0) is 77.1 Å². The molecule has 8 aromatic rings. The van der Waals surface area contributed by atoms with Crippen molar-refractivity contribution < 1.29 is 62.4 Å². The van der Waals surface area contributed by atoms with Gasteiger partial charge in [-0.2, -0.15) is 5.10 Å². The van der Waals surface area contributed by atoms with Crippen molar-refractivity contribution >= 4 is 86.7 Å². The Morgan fingerprint density at radius 3 is 1.82 bits per heavy atom. The van der Waals surface area contributed by atoms with Crippen molar-refractivity contribution in [3.05, 3.63) is 137 Å². The number of aliphatic hydroxyl groups excluding tert-OH is 1. The zero-order chi connectivity index (χ0) is 74.9. The van der Waals surface area contributed by atoms with Crippen LogP contribution in [0, 0.1) is 23.6 Å². The van der Waals surface area contributed by atoms with Crippen LogP contribution in [0.4, 0.5) is 10.1 Å². The summed E-state index contributed by atoms with van der Waals surface area (Å²) in [6.45, 7) is 15.2. The normalized spacial score (nSPS) is 17.5. The lowest BCUT2D eigenvalue weighted by Gasteiger charge is -2.36. The molecule has 7 N–H and O–H groups in total. The number of rotatable bonds is 27. The van der Waals surface area contributed by atoms with E-state index in [-0.39, 0.29) is 101 Å². The molecule has 105 heavy (non-hydrogen) atoms. The number of aliphatic hydroxyl groups is 1. The number of aromatic nitrogens is 6. The highest BCUT2D eigenvalue weighted by molar-refractivity contribution is 7.13. The zero-order valence-electron chi connectivity index (χ0n) is 60.1. The Hall–Kier alpha value is -10.1. The summed E-state index contributed by atoms with van der Waals surface area (Å²) in [5.41, 5.74) is 10.5. The van der Waals surface area contributed by atoms with Crippen molar-refractivity contribution in [1.82, 2.24) is 66.1 Å². The molecule has 4 aromatic heterocycles. The van der Waals surface area contributed by atoms with Gasteiger partial charge >= 0.3 is 5.97 Å². The molecule has 11 rings (SSSR count). The number of amides is 7. The van der Waals surface area contributed by atoms with Crippen LogP contribution in [0.5, 0.6) is 5.75 Å². The number of nitrogens with one attached hydrogen (secondary N) is 5. The number of fused-ring (bicyclic) bond motifs is 1. The number of carboxylic acids is 1. The van der Waals surface area contributed by atoms with E-state index in [0.29, 0.717) is 54.3 Å². The highest BCUT2D eigenvalue weighted by Gasteiger charge is 2.47. The number of H-pyrrole nitrogens is 1. The van der Waals surface area contributed by atoms with Gasteiger partial charge in [0.25, 0.3) is 0 Å². The highest BCUT2D eigenvalue weighted by atomic mass is 32.1. The molecular weight excluding hydrogens is 1380 g/mol. The molecule has 26 nitrogen and oxygen atoms in total. The van der Waals surface area contributed by atoms with E-state index >= 15 is 0 Å². The van der Waals surface area contributed by atoms with Gasteiger partial charge in [-0.1, -0.05) is 108 Å². The molecular formula is C76H89FN14O12S2. The summed E-state index contributed by atoms with van der Waals surface area (Å²) in [5, 5.41) is 39.2. The average molecular weight is 1470 g/mol. The number of hydrogen-bond donors (Lipinski definition) is 7. The van der Waals surface area contributed by atoms with Gasteiger partial charge in [0.05, 0.1) is 69.8 Å². The molecule has 29 heteroatoms. The van der Waals surface area contributed by atoms with Crippen molar-refractivity contribution in [2.75, 3.05) is 51.3 Å². The number of anilines is 1. The number of hydrogen-bond acceptors (Lipinski definition) is 19. The molecule has 3 fully saturated rings. The standard InChI is InChI=1S/C76H89FN14O12S2/c1-44-66(104-42-81-44)48-22-18-45(19-23-48)37-80-72(99)57-35-52(40-91(57)74(101)69(76(5,6)7)84-60(94)15-11-17-62(96)97)103-41-55-67(105-43-82-55)49-24-20-46(21-25-49)36-79-71(98)56-34-51(92)39-90(56)73(100)68(75(2,3)4)83-59(93)14-10-16-61(95)89-32-30-88(31-33-89)50-28-26-47(27-29-50)64-65-54(86-87-64)38-78-70(85-65)63-53(77)12-9-13-58(63)102-8/h9,12-13,18-29,38,42-43,51-52,56-57,68-69,92H,10-11,14-17,30-37,39-41H2,1-8H3,(H,79,98)(H,80,99)(H,83,93)(H,84,94)(H,86,87)(H,96,97)/t51-,52-,56+,57+,68-,69-/m1/s1. The molecule has 7 heterocycles. The topological polar surface area (TPSA) is 337 Å². The number of aryl methyl sites for hydroxylation is 1. The number of thiazole rings is 2. The summed E-state index contributed by atoms with van der Waals surface area (Å²) in [7, 11) is 1.46. The molecule has 6 atom stereocenters. The van der Waals surface area contributed by atoms with Gasteiger partial charge in [0.1, 0.15) is 52.5 Å². The summed E-state index contributed by atoms with van der Waals surface area (Å²) < 4.78 is 26.9. The maximum Gasteiger partial charge on any atom is 0.303 e. The first kappa shape index (κ1) is 76.0. The minimum absolute atomic E-state index is 0.00150. The number of carbonyl (C=O) groups is 8. The number of aromatic amines is 1. The minimum atomic E-state index is -1.05. The third kappa shape index (κ3) is 18.5. The first-order valence-electron chi connectivity index (χ1n) is 35.2. The Morgan fingerprint density at radius 2 is 1.24 bits per heavy atom. The number of aliphatic carboxylic acids is 1. The molecule has 3 saturated heterocycles. The number of piperazine rings is 1. The average Bonchev–Trinajstić information content (AvgIpc) is 1.74. The quantitative estimate of drug-likeness (QED) is 0.0253. The van der Waals surface area contributed by atoms with E-state index in [0.717, 1.165) is 49.0 Å². The number of ether oxygens (including phenoxy) is 2. The lowest BCUT2D eigenvalue weighted by molar-refractivity contribution is -0.144. The van der Waals surface area contributed by atoms with Crippen molar-refractivity contribution in [2.45, 2.75) is 156 Å². The van der Waals surface area contributed by atoms with Crippen LogP contribution in [0.3, 0.4) is 0 Å².